The van der Waals surface area contributed by atoms with Crippen molar-refractivity contribution in [3.63, 3.8) is 0 Å². The van der Waals surface area contributed by atoms with Crippen LogP contribution < -0.4 is 20.4 Å². The molecule has 0 atom stereocenters. The number of carbonyl (C=O) groups is 2. The van der Waals surface area contributed by atoms with Gasteiger partial charge in [0.05, 0.1) is 0 Å². The smallest absolute Gasteiger partial charge is 0.0431 e. The van der Waals surface area contributed by atoms with Gasteiger partial charge in [0.2, 0.25) is 0 Å². The van der Waals surface area contributed by atoms with Crippen molar-refractivity contribution >= 4 is 12.3 Å². The summed E-state index contributed by atoms with van der Waals surface area (Å²) in [4.78, 5) is 16.7. The van der Waals surface area contributed by atoms with Crippen LogP contribution in [0.2, 0.25) is 0 Å². The molecule has 0 amide bonds. The van der Waals surface area contributed by atoms with Crippen LogP contribution in [0.4, 0.5) is 9.59 Å². The van der Waals surface area contributed by atoms with E-state index in [1.807, 2.05) is 0 Å². The first-order chi connectivity index (χ1) is 4.46. The van der Waals surface area contributed by atoms with Crippen molar-refractivity contribution in [2.45, 2.75) is 0 Å². The molecule has 60 valence electrons. The van der Waals surface area contributed by atoms with Crippen LogP contribution in [0.5, 0.6) is 0 Å². The van der Waals surface area contributed by atoms with E-state index in [9.17, 15) is 0 Å². The van der Waals surface area contributed by atoms with Crippen molar-refractivity contribution in [2.75, 3.05) is 0 Å². The maximum absolute atomic E-state index is 8.33. The third-order valence-electron chi connectivity index (χ3n) is 0. The Kier molecular flexibility index (Phi) is 24.7. The van der Waals surface area contributed by atoms with Crippen LogP contribution in [0, 0.1) is 0 Å². The molecule has 0 N–H and O–H groups in total. The fraction of sp³-hybridized carbons (Fsp3) is 0. The van der Waals surface area contributed by atoms with E-state index >= 15 is 0 Å². The molecule has 6 nitrogen and oxygen atoms in total. The molecule has 0 aromatic heterocycles. The Labute approximate surface area is 56.7 Å². The van der Waals surface area contributed by atoms with Crippen LogP contribution in [0.25, 0.3) is 0 Å². The van der Waals surface area contributed by atoms with Crippen molar-refractivity contribution in [3.8, 4) is 0 Å². The zero-order valence-corrected chi connectivity index (χ0v) is 4.86. The van der Waals surface area contributed by atoms with Gasteiger partial charge in [-0.3, -0.25) is 0 Å². The van der Waals surface area contributed by atoms with Crippen LogP contribution >= 0.6 is 0 Å². The Morgan fingerprint density at radius 1 is 0.800 bits per heavy atom. The van der Waals surface area contributed by atoms with Gasteiger partial charge in [0, 0.05) is 0 Å². The van der Waals surface area contributed by atoms with Crippen molar-refractivity contribution < 1.29 is 30.0 Å². The van der Waals surface area contributed by atoms with Gasteiger partial charge >= 0.3 is 0 Å². The molecular formula is C4H4O6-4. The number of hydrogen-bond acceptors (Lipinski definition) is 6. The maximum atomic E-state index is 8.33. The molecule has 0 saturated carbocycles. The largest absolute Gasteiger partial charge is 0.652 e. The van der Waals surface area contributed by atoms with Crippen LogP contribution in [-0.4, -0.2) is 12.3 Å². The summed E-state index contributed by atoms with van der Waals surface area (Å²) >= 11 is 0. The van der Waals surface area contributed by atoms with E-state index in [0.717, 1.165) is 0 Å². The Bertz CT molecular complexity index is 77.9. The highest BCUT2D eigenvalue weighted by molar-refractivity contribution is 5.47. The average Bonchev–Trinajstić information content (AvgIpc) is 1.66. The van der Waals surface area contributed by atoms with Crippen molar-refractivity contribution in [1.29, 1.82) is 0 Å². The van der Waals surface area contributed by atoms with E-state index in [2.05, 4.69) is 13.2 Å². The van der Waals surface area contributed by atoms with Gasteiger partial charge in [0.1, 0.15) is 0 Å². The monoisotopic (exact) mass is 148 g/mol. The fourth-order valence-corrected chi connectivity index (χ4v) is 0. The zero-order chi connectivity index (χ0) is 9.15. The summed E-state index contributed by atoms with van der Waals surface area (Å²) in [5, 5.41) is 33.3. The third kappa shape index (κ3) is 59.2. The molecule has 0 aliphatic heterocycles. The van der Waals surface area contributed by atoms with E-state index in [4.69, 9.17) is 30.0 Å². The lowest BCUT2D eigenvalue weighted by molar-refractivity contribution is -0.417. The van der Waals surface area contributed by atoms with Gasteiger partial charge in [0.25, 0.3) is 0 Å². The third-order valence-corrected chi connectivity index (χ3v) is 0. The molecule has 0 unspecified atom stereocenters. The Balaban J connectivity index is -0.0000000787. The summed E-state index contributed by atoms with van der Waals surface area (Å²) in [6, 6.07) is 0. The molecule has 0 bridgehead atoms. The minimum Gasteiger partial charge on any atom is -0.652 e. The van der Waals surface area contributed by atoms with Crippen molar-refractivity contribution in [1.82, 2.24) is 0 Å². The number of rotatable bonds is 0. The predicted octanol–water partition coefficient (Wildman–Crippen LogP) is -4.09. The maximum Gasteiger partial charge on any atom is -0.0431 e. The molecular weight excluding hydrogens is 144 g/mol. The summed E-state index contributed by atoms with van der Waals surface area (Å²) in [6.45, 7) is 6.00. The quantitative estimate of drug-likeness (QED) is 0.321. The second kappa shape index (κ2) is 15.7. The van der Waals surface area contributed by atoms with Gasteiger partial charge in [-0.1, -0.05) is 0 Å². The lowest BCUT2D eigenvalue weighted by Gasteiger charge is -1.96. The van der Waals surface area contributed by atoms with Gasteiger partial charge in [-0.05, 0) is 12.3 Å². The molecule has 0 aliphatic carbocycles. The van der Waals surface area contributed by atoms with E-state index < -0.39 is 12.3 Å². The normalized spacial score (nSPS) is 5.20. The van der Waals surface area contributed by atoms with Crippen LogP contribution in [0.15, 0.2) is 13.2 Å². The molecule has 6 heteroatoms. The Morgan fingerprint density at radius 3 is 0.800 bits per heavy atom. The molecule has 0 spiro atoms. The van der Waals surface area contributed by atoms with Crippen LogP contribution in [0.1, 0.15) is 0 Å². The summed E-state index contributed by atoms with van der Waals surface area (Å²) in [6.07, 6.45) is -4.67. The molecule has 0 aromatic carbocycles. The molecule has 0 aromatic rings. The van der Waals surface area contributed by atoms with Gasteiger partial charge in [-0.25, -0.2) is 0 Å². The zero-order valence-electron chi connectivity index (χ0n) is 4.86. The summed E-state index contributed by atoms with van der Waals surface area (Å²) in [7, 11) is 0. The molecule has 0 rings (SSSR count). The summed E-state index contributed by atoms with van der Waals surface area (Å²) < 4.78 is 0. The highest BCUT2D eigenvalue weighted by Gasteiger charge is 1.27. The van der Waals surface area contributed by atoms with Gasteiger partial charge in [-0.15, -0.1) is 13.2 Å². The van der Waals surface area contributed by atoms with Gasteiger partial charge < -0.3 is 30.0 Å². The Morgan fingerprint density at radius 2 is 0.800 bits per heavy atom. The van der Waals surface area contributed by atoms with E-state index in [1.165, 1.54) is 0 Å². The Hall–Kier alpha value is -1.72. The molecule has 10 heavy (non-hydrogen) atoms. The SMILES string of the molecule is C=C.O=C([O-])[O-].O=C([O-])[O-]. The average molecular weight is 148 g/mol. The number of carbonyl (C=O) groups excluding carboxylic acids is 2. The topological polar surface area (TPSA) is 126 Å². The van der Waals surface area contributed by atoms with Crippen molar-refractivity contribution in [2.24, 2.45) is 0 Å². The van der Waals surface area contributed by atoms with E-state index in [0.29, 0.717) is 0 Å². The minimum atomic E-state index is -2.33. The molecule has 0 radical (unpaired) electrons. The molecule has 0 fully saturated rings. The fourth-order valence-electron chi connectivity index (χ4n) is 0. The molecule has 0 saturated heterocycles. The lowest BCUT2D eigenvalue weighted by Crippen LogP contribution is -2.37. The predicted molar refractivity (Wildman–Crippen MR) is 22.0 cm³/mol. The van der Waals surface area contributed by atoms with Crippen molar-refractivity contribution in [3.05, 3.63) is 13.2 Å². The molecule has 0 aliphatic rings. The number of hydrogen-bond donors (Lipinski definition) is 0. The second-order valence-corrected chi connectivity index (χ2v) is 0.500. The first kappa shape index (κ1) is 15.7. The van der Waals surface area contributed by atoms with Gasteiger partial charge in [-0.2, -0.15) is 0 Å². The highest BCUT2D eigenvalue weighted by Crippen LogP contribution is 1.21. The standard InChI is InChI=1S/C2H4.2CH2O3/c1-2;2*2-1(3)4/h1-2H2;2*(H2,2,3,4)/p-4. The first-order valence-corrected chi connectivity index (χ1v) is 1.72. The molecule has 0 heterocycles. The van der Waals surface area contributed by atoms with E-state index in [1.54, 1.807) is 0 Å². The second-order valence-electron chi connectivity index (χ2n) is 0.500. The van der Waals surface area contributed by atoms with Crippen LogP contribution in [-0.2, 0) is 0 Å². The van der Waals surface area contributed by atoms with Gasteiger partial charge in [0.15, 0.2) is 0 Å². The summed E-state index contributed by atoms with van der Waals surface area (Å²) in [5.41, 5.74) is 0. The first-order valence-electron chi connectivity index (χ1n) is 1.72. The van der Waals surface area contributed by atoms with Crippen LogP contribution in [0.3, 0.4) is 0 Å². The number of carboxylic acid groups (broad SMARTS) is 4. The minimum absolute atomic E-state index is 2.33. The van der Waals surface area contributed by atoms with E-state index in [-0.39, 0.29) is 0 Å². The highest BCUT2D eigenvalue weighted by atomic mass is 16.6. The summed E-state index contributed by atoms with van der Waals surface area (Å²) in [5.74, 6) is 0. The lowest BCUT2D eigenvalue weighted by atomic mass is 11.3.